The van der Waals surface area contributed by atoms with Crippen molar-refractivity contribution >= 4 is 0 Å². The molecule has 2 heterocycles. The Bertz CT molecular complexity index is 1360. The first kappa shape index (κ1) is 28.2. The third-order valence-corrected chi connectivity index (χ3v) is 7.00. The van der Waals surface area contributed by atoms with Gasteiger partial charge in [0, 0.05) is 69.1 Å². The Morgan fingerprint density at radius 2 is 1.54 bits per heavy atom. The van der Waals surface area contributed by atoms with Crippen LogP contribution in [0.5, 0.6) is 0 Å². The average Bonchev–Trinajstić information content (AvgIpc) is 3.55. The third-order valence-electron chi connectivity index (χ3n) is 7.00. The van der Waals surface area contributed by atoms with Gasteiger partial charge in [-0.3, -0.25) is 19.6 Å². The summed E-state index contributed by atoms with van der Waals surface area (Å²) in [6, 6.07) is 18.6. The average molecular weight is 526 g/mol. The summed E-state index contributed by atoms with van der Waals surface area (Å²) < 4.78 is 2.04. The Hall–Kier alpha value is -3.81. The fourth-order valence-electron chi connectivity index (χ4n) is 4.82. The molecule has 4 rings (SSSR count). The summed E-state index contributed by atoms with van der Waals surface area (Å²) in [4.78, 5) is 4.37. The molecule has 0 fully saturated rings. The first-order chi connectivity index (χ1) is 18.9. The highest BCUT2D eigenvalue weighted by molar-refractivity contribution is 5.67. The molecule has 5 N–H and O–H groups in total. The van der Waals surface area contributed by atoms with Crippen molar-refractivity contribution in [3.05, 3.63) is 83.4 Å². The normalized spacial score (nSPS) is 12.3. The van der Waals surface area contributed by atoms with Gasteiger partial charge in [0.2, 0.25) is 0 Å². The SMILES string of the molecule is CC(Cn1cc(-c2ccc(C#N)cc2)c(CN(C)CCN)n1)c1ccc(-c2cn[nH]c2CN(C)CCN)cc1. The van der Waals surface area contributed by atoms with E-state index >= 15 is 0 Å². The molecule has 1 unspecified atom stereocenters. The molecule has 0 aliphatic heterocycles. The number of H-pyrrole nitrogens is 1. The summed E-state index contributed by atoms with van der Waals surface area (Å²) in [7, 11) is 4.12. The lowest BCUT2D eigenvalue weighted by molar-refractivity contribution is 0.330. The number of likely N-dealkylation sites (N-methyl/N-ethyl adjacent to an activating group) is 2. The highest BCUT2D eigenvalue weighted by atomic mass is 15.3. The van der Waals surface area contributed by atoms with Crippen LogP contribution in [-0.2, 0) is 19.6 Å². The number of aromatic amines is 1. The van der Waals surface area contributed by atoms with Crippen molar-refractivity contribution in [3.63, 3.8) is 0 Å². The van der Waals surface area contributed by atoms with Gasteiger partial charge in [-0.15, -0.1) is 0 Å². The number of nitrogens with zero attached hydrogens (tertiary/aromatic N) is 6. The van der Waals surface area contributed by atoms with Gasteiger partial charge in [-0.1, -0.05) is 43.3 Å². The van der Waals surface area contributed by atoms with E-state index in [-0.39, 0.29) is 5.92 Å². The van der Waals surface area contributed by atoms with Crippen molar-refractivity contribution in [2.75, 3.05) is 40.3 Å². The maximum atomic E-state index is 9.19. The van der Waals surface area contributed by atoms with Gasteiger partial charge in [-0.05, 0) is 42.9 Å². The minimum atomic E-state index is 0.266. The molecule has 9 heteroatoms. The zero-order chi connectivity index (χ0) is 27.8. The molecule has 39 heavy (non-hydrogen) atoms. The molecular formula is C30H39N9. The van der Waals surface area contributed by atoms with Crippen molar-refractivity contribution < 1.29 is 0 Å². The molecule has 2 aromatic heterocycles. The predicted molar refractivity (Wildman–Crippen MR) is 156 cm³/mol. The van der Waals surface area contributed by atoms with Crippen molar-refractivity contribution in [1.29, 1.82) is 5.26 Å². The Morgan fingerprint density at radius 1 is 0.923 bits per heavy atom. The third kappa shape index (κ3) is 7.19. The highest BCUT2D eigenvalue weighted by Crippen LogP contribution is 2.28. The Balaban J connectivity index is 1.51. The summed E-state index contributed by atoms with van der Waals surface area (Å²) in [6.07, 6.45) is 4.01. The van der Waals surface area contributed by atoms with Crippen LogP contribution in [0.15, 0.2) is 60.9 Å². The molecule has 0 spiro atoms. The van der Waals surface area contributed by atoms with E-state index in [4.69, 9.17) is 16.6 Å². The number of nitrogens with two attached hydrogens (primary N) is 2. The maximum Gasteiger partial charge on any atom is 0.0991 e. The number of hydrogen-bond donors (Lipinski definition) is 3. The number of hydrogen-bond acceptors (Lipinski definition) is 7. The van der Waals surface area contributed by atoms with Crippen LogP contribution in [0.3, 0.4) is 0 Å². The lowest BCUT2D eigenvalue weighted by Gasteiger charge is -2.16. The summed E-state index contributed by atoms with van der Waals surface area (Å²) in [5.74, 6) is 0.266. The summed E-state index contributed by atoms with van der Waals surface area (Å²) in [6.45, 7) is 7.31. The summed E-state index contributed by atoms with van der Waals surface area (Å²) in [5, 5.41) is 21.6. The molecule has 0 aliphatic carbocycles. The van der Waals surface area contributed by atoms with Crippen molar-refractivity contribution in [2.45, 2.75) is 32.5 Å². The second kappa shape index (κ2) is 13.3. The van der Waals surface area contributed by atoms with Gasteiger partial charge in [0.05, 0.1) is 29.2 Å². The molecule has 204 valence electrons. The first-order valence-corrected chi connectivity index (χ1v) is 13.4. The zero-order valence-electron chi connectivity index (χ0n) is 23.1. The summed E-state index contributed by atoms with van der Waals surface area (Å²) in [5.41, 5.74) is 19.9. The zero-order valence-corrected chi connectivity index (χ0v) is 23.1. The molecule has 2 aromatic carbocycles. The van der Waals surface area contributed by atoms with Crippen molar-refractivity contribution in [3.8, 4) is 28.3 Å². The molecule has 0 saturated carbocycles. The number of benzene rings is 2. The highest BCUT2D eigenvalue weighted by Gasteiger charge is 2.16. The monoisotopic (exact) mass is 525 g/mol. The van der Waals surface area contributed by atoms with Crippen molar-refractivity contribution in [2.24, 2.45) is 11.5 Å². The number of nitrogens with one attached hydrogen (secondary N) is 1. The second-order valence-electron chi connectivity index (χ2n) is 10.2. The van der Waals surface area contributed by atoms with Crippen LogP contribution in [0.25, 0.3) is 22.3 Å². The van der Waals surface area contributed by atoms with Gasteiger partial charge < -0.3 is 11.5 Å². The number of nitriles is 1. The first-order valence-electron chi connectivity index (χ1n) is 13.4. The molecule has 0 radical (unpaired) electrons. The smallest absolute Gasteiger partial charge is 0.0991 e. The molecule has 0 saturated heterocycles. The van der Waals surface area contributed by atoms with Crippen LogP contribution in [0, 0.1) is 11.3 Å². The Morgan fingerprint density at radius 3 is 2.18 bits per heavy atom. The predicted octanol–water partition coefficient (Wildman–Crippen LogP) is 3.40. The van der Waals surface area contributed by atoms with Gasteiger partial charge >= 0.3 is 0 Å². The van der Waals surface area contributed by atoms with Gasteiger partial charge in [-0.25, -0.2) is 0 Å². The van der Waals surface area contributed by atoms with Gasteiger partial charge in [0.25, 0.3) is 0 Å². The van der Waals surface area contributed by atoms with E-state index in [1.165, 1.54) is 5.56 Å². The van der Waals surface area contributed by atoms with Crippen LogP contribution in [-0.4, -0.2) is 70.1 Å². The molecule has 0 aliphatic rings. The van der Waals surface area contributed by atoms with E-state index in [0.717, 1.165) is 59.8 Å². The van der Waals surface area contributed by atoms with E-state index in [9.17, 15) is 5.26 Å². The van der Waals surface area contributed by atoms with E-state index < -0.39 is 0 Å². The fraction of sp³-hybridized carbons (Fsp3) is 0.367. The van der Waals surface area contributed by atoms with E-state index in [1.807, 2.05) is 35.1 Å². The lowest BCUT2D eigenvalue weighted by atomic mass is 9.97. The molecular weight excluding hydrogens is 486 g/mol. The standard InChI is InChI=1S/C30H39N9/c1-22(24-8-10-25(11-9-24)27-17-34-35-29(27)20-37(2)14-12-31)18-39-19-28(26-6-4-23(16-33)5-7-26)30(36-39)21-38(3)15-13-32/h4-11,17,19,22H,12-15,18,20-21,31-32H2,1-3H3,(H,34,35). The van der Waals surface area contributed by atoms with Gasteiger partial charge in [0.1, 0.15) is 0 Å². The van der Waals surface area contributed by atoms with Crippen LogP contribution in [0.1, 0.15) is 35.4 Å². The van der Waals surface area contributed by atoms with Crippen LogP contribution in [0.2, 0.25) is 0 Å². The van der Waals surface area contributed by atoms with E-state index in [2.05, 4.69) is 77.5 Å². The lowest BCUT2D eigenvalue weighted by Crippen LogP contribution is -2.25. The van der Waals surface area contributed by atoms with Crippen LogP contribution >= 0.6 is 0 Å². The second-order valence-corrected chi connectivity index (χ2v) is 10.2. The van der Waals surface area contributed by atoms with Crippen LogP contribution in [0.4, 0.5) is 0 Å². The molecule has 1 atom stereocenters. The molecule has 9 nitrogen and oxygen atoms in total. The summed E-state index contributed by atoms with van der Waals surface area (Å²) >= 11 is 0. The molecule has 0 bridgehead atoms. The Kier molecular flexibility index (Phi) is 9.63. The van der Waals surface area contributed by atoms with E-state index in [1.54, 1.807) is 0 Å². The quantitative estimate of drug-likeness (QED) is 0.244. The molecule has 0 amide bonds. The number of aromatic nitrogens is 4. The van der Waals surface area contributed by atoms with Crippen LogP contribution < -0.4 is 11.5 Å². The van der Waals surface area contributed by atoms with Crippen molar-refractivity contribution in [1.82, 2.24) is 29.8 Å². The van der Waals surface area contributed by atoms with Gasteiger partial charge in [-0.2, -0.15) is 15.5 Å². The van der Waals surface area contributed by atoms with E-state index in [0.29, 0.717) is 25.2 Å². The topological polar surface area (TPSA) is 129 Å². The number of rotatable bonds is 13. The minimum Gasteiger partial charge on any atom is -0.329 e. The fourth-order valence-corrected chi connectivity index (χ4v) is 4.82. The largest absolute Gasteiger partial charge is 0.329 e. The minimum absolute atomic E-state index is 0.266. The molecule has 4 aromatic rings. The Labute approximate surface area is 231 Å². The van der Waals surface area contributed by atoms with Gasteiger partial charge in [0.15, 0.2) is 0 Å². The maximum absolute atomic E-state index is 9.19.